The lowest BCUT2D eigenvalue weighted by Gasteiger charge is -2.37. The Kier molecular flexibility index (Phi) is 4.88. The van der Waals surface area contributed by atoms with Crippen LogP contribution in [-0.2, 0) is 19.4 Å². The van der Waals surface area contributed by atoms with E-state index in [0.29, 0.717) is 11.3 Å². The first-order valence-corrected chi connectivity index (χ1v) is 8.94. The fourth-order valence-electron chi connectivity index (χ4n) is 2.71. The summed E-state index contributed by atoms with van der Waals surface area (Å²) < 4.78 is 27.7. The number of methoxy groups -OCH3 is 1. The van der Waals surface area contributed by atoms with Crippen LogP contribution >= 0.6 is 0 Å². The number of carbonyl (C=O) groups is 1. The number of anilines is 1. The third-order valence-corrected chi connectivity index (χ3v) is 4.98. The molecule has 1 heterocycles. The van der Waals surface area contributed by atoms with Crippen molar-refractivity contribution in [2.45, 2.75) is 36.6 Å². The fraction of sp³-hybridized carbons (Fsp3) is 0.533. The highest BCUT2D eigenvalue weighted by atomic mass is 32.2. The second-order valence-corrected chi connectivity index (χ2v) is 7.41. The van der Waals surface area contributed by atoms with Gasteiger partial charge in [-0.05, 0) is 43.5 Å². The average Bonchev–Trinajstić information content (AvgIpc) is 2.47. The third-order valence-electron chi connectivity index (χ3n) is 3.85. The summed E-state index contributed by atoms with van der Waals surface area (Å²) >= 11 is 0. The highest BCUT2D eigenvalue weighted by Gasteiger charge is 2.25. The van der Waals surface area contributed by atoms with Crippen molar-refractivity contribution >= 4 is 21.5 Å². The lowest BCUT2D eigenvalue weighted by atomic mass is 9.98. The van der Waals surface area contributed by atoms with Crippen LogP contribution in [0.5, 0.6) is 0 Å². The van der Waals surface area contributed by atoms with Gasteiger partial charge in [0.05, 0.1) is 18.4 Å². The number of rotatable bonds is 4. The predicted octanol–water partition coefficient (Wildman–Crippen LogP) is 2.01. The zero-order valence-electron chi connectivity index (χ0n) is 12.4. The molecule has 1 aliphatic heterocycles. The van der Waals surface area contributed by atoms with E-state index >= 15 is 0 Å². The molecule has 0 aliphatic carbocycles. The smallest absolute Gasteiger partial charge is 0.307 e. The van der Waals surface area contributed by atoms with Gasteiger partial charge in [0.15, 0.2) is 9.84 Å². The molecule has 0 N–H and O–H groups in total. The van der Waals surface area contributed by atoms with Gasteiger partial charge in [-0.3, -0.25) is 4.79 Å². The molecule has 1 saturated heterocycles. The minimum Gasteiger partial charge on any atom is -0.469 e. The highest BCUT2D eigenvalue weighted by molar-refractivity contribution is 7.90. The highest BCUT2D eigenvalue weighted by Crippen LogP contribution is 2.27. The fourth-order valence-corrected chi connectivity index (χ4v) is 3.34. The van der Waals surface area contributed by atoms with Crippen LogP contribution in [0.3, 0.4) is 0 Å². The summed E-state index contributed by atoms with van der Waals surface area (Å²) in [6.07, 6.45) is 4.68. The van der Waals surface area contributed by atoms with Gasteiger partial charge in [0.2, 0.25) is 0 Å². The van der Waals surface area contributed by atoms with E-state index in [1.807, 2.05) is 12.1 Å². The van der Waals surface area contributed by atoms with Crippen molar-refractivity contribution in [2.24, 2.45) is 0 Å². The number of carbonyl (C=O) groups excluding carboxylic acids is 1. The monoisotopic (exact) mass is 311 g/mol. The van der Waals surface area contributed by atoms with Crippen LogP contribution in [0.1, 0.15) is 25.7 Å². The van der Waals surface area contributed by atoms with Crippen LogP contribution in [0, 0.1) is 0 Å². The molecule has 0 radical (unpaired) electrons. The Morgan fingerprint density at radius 1 is 1.29 bits per heavy atom. The molecule has 5 nitrogen and oxygen atoms in total. The molecule has 1 aromatic carbocycles. The summed E-state index contributed by atoms with van der Waals surface area (Å²) in [5, 5.41) is 0. The van der Waals surface area contributed by atoms with Gasteiger partial charge in [-0.25, -0.2) is 8.42 Å². The second-order valence-electron chi connectivity index (χ2n) is 5.39. The maximum atomic E-state index is 11.5. The first-order valence-electron chi connectivity index (χ1n) is 7.05. The maximum Gasteiger partial charge on any atom is 0.307 e. The molecule has 0 amide bonds. The van der Waals surface area contributed by atoms with Crippen LogP contribution in [0.4, 0.5) is 5.69 Å². The summed E-state index contributed by atoms with van der Waals surface area (Å²) in [4.78, 5) is 14.0. The molecule has 21 heavy (non-hydrogen) atoms. The van der Waals surface area contributed by atoms with Crippen LogP contribution in [0.15, 0.2) is 29.2 Å². The molecule has 0 bridgehead atoms. The lowest BCUT2D eigenvalue weighted by Crippen LogP contribution is -2.41. The van der Waals surface area contributed by atoms with Gasteiger partial charge in [-0.2, -0.15) is 0 Å². The molecule has 1 aromatic rings. The Hall–Kier alpha value is -1.56. The predicted molar refractivity (Wildman–Crippen MR) is 81.2 cm³/mol. The van der Waals surface area contributed by atoms with Gasteiger partial charge in [0, 0.05) is 24.5 Å². The summed E-state index contributed by atoms with van der Waals surface area (Å²) in [5.74, 6) is -0.209. The topological polar surface area (TPSA) is 63.7 Å². The van der Waals surface area contributed by atoms with Crippen LogP contribution in [-0.4, -0.2) is 40.3 Å². The summed E-state index contributed by atoms with van der Waals surface area (Å²) in [7, 11) is -1.78. The molecule has 1 fully saturated rings. The molecule has 1 aliphatic rings. The number of esters is 1. The first-order chi connectivity index (χ1) is 9.91. The minimum atomic E-state index is -3.18. The molecule has 1 unspecified atom stereocenters. The quantitative estimate of drug-likeness (QED) is 0.796. The standard InChI is InChI=1S/C15H21NO4S/c1-20-15(17)11-13-5-3-4-10-16(13)12-6-8-14(9-7-12)21(2,18)19/h6-9,13H,3-5,10-11H2,1-2H3. The number of nitrogens with zero attached hydrogens (tertiary/aromatic N) is 1. The first kappa shape index (κ1) is 15.8. The van der Waals surface area contributed by atoms with Crippen molar-refractivity contribution in [3.8, 4) is 0 Å². The molecule has 0 saturated carbocycles. The number of piperidine rings is 1. The summed E-state index contributed by atoms with van der Waals surface area (Å²) in [6, 6.07) is 6.98. The van der Waals surface area contributed by atoms with Gasteiger partial charge >= 0.3 is 5.97 Å². The van der Waals surface area contributed by atoms with E-state index in [9.17, 15) is 13.2 Å². The van der Waals surface area contributed by atoms with Crippen molar-refractivity contribution in [3.05, 3.63) is 24.3 Å². The molecule has 1 atom stereocenters. The molecule has 116 valence electrons. The van der Waals surface area contributed by atoms with Crippen LogP contribution < -0.4 is 4.90 Å². The zero-order chi connectivity index (χ0) is 15.5. The lowest BCUT2D eigenvalue weighted by molar-refractivity contribution is -0.141. The van der Waals surface area contributed by atoms with Gasteiger partial charge in [0.25, 0.3) is 0 Å². The van der Waals surface area contributed by atoms with Crippen molar-refractivity contribution in [3.63, 3.8) is 0 Å². The number of sulfone groups is 1. The van der Waals surface area contributed by atoms with E-state index < -0.39 is 9.84 Å². The van der Waals surface area contributed by atoms with E-state index in [1.54, 1.807) is 12.1 Å². The summed E-state index contributed by atoms with van der Waals surface area (Å²) in [6.45, 7) is 0.875. The molecule has 0 aromatic heterocycles. The van der Waals surface area contributed by atoms with Crippen LogP contribution in [0.2, 0.25) is 0 Å². The normalized spacial score (nSPS) is 19.3. The number of hydrogen-bond donors (Lipinski definition) is 0. The molecule has 0 spiro atoms. The SMILES string of the molecule is COC(=O)CC1CCCCN1c1ccc(S(C)(=O)=O)cc1. The van der Waals surface area contributed by atoms with Crippen molar-refractivity contribution in [2.75, 3.05) is 24.8 Å². The van der Waals surface area contributed by atoms with Gasteiger partial charge in [0.1, 0.15) is 0 Å². The molecule has 6 heteroatoms. The van der Waals surface area contributed by atoms with E-state index in [4.69, 9.17) is 4.74 Å². The van der Waals surface area contributed by atoms with Gasteiger partial charge < -0.3 is 9.64 Å². The van der Waals surface area contributed by atoms with Crippen molar-refractivity contribution < 1.29 is 17.9 Å². The van der Waals surface area contributed by atoms with E-state index in [0.717, 1.165) is 31.5 Å². The van der Waals surface area contributed by atoms with Gasteiger partial charge in [-0.1, -0.05) is 0 Å². The van der Waals surface area contributed by atoms with E-state index in [2.05, 4.69) is 4.90 Å². The largest absolute Gasteiger partial charge is 0.469 e. The Morgan fingerprint density at radius 2 is 1.95 bits per heavy atom. The molecular weight excluding hydrogens is 290 g/mol. The average molecular weight is 311 g/mol. The molecular formula is C15H21NO4S. The second kappa shape index (κ2) is 6.47. The van der Waals surface area contributed by atoms with E-state index in [-0.39, 0.29) is 12.0 Å². The Labute approximate surface area is 125 Å². The van der Waals surface area contributed by atoms with Crippen LogP contribution in [0.25, 0.3) is 0 Å². The van der Waals surface area contributed by atoms with E-state index in [1.165, 1.54) is 13.4 Å². The van der Waals surface area contributed by atoms with Crippen molar-refractivity contribution in [1.29, 1.82) is 0 Å². The van der Waals surface area contributed by atoms with Gasteiger partial charge in [-0.15, -0.1) is 0 Å². The third kappa shape index (κ3) is 3.97. The Bertz CT molecular complexity index is 595. The zero-order valence-corrected chi connectivity index (χ0v) is 13.2. The molecule has 2 rings (SSSR count). The number of benzene rings is 1. The Morgan fingerprint density at radius 3 is 2.52 bits per heavy atom. The Balaban J connectivity index is 2.19. The summed E-state index contributed by atoms with van der Waals surface area (Å²) in [5.41, 5.74) is 0.955. The minimum absolute atomic E-state index is 0.121. The van der Waals surface area contributed by atoms with Crippen molar-refractivity contribution in [1.82, 2.24) is 0 Å². The number of ether oxygens (including phenoxy) is 1. The number of hydrogen-bond acceptors (Lipinski definition) is 5. The maximum absolute atomic E-state index is 11.5.